The third-order valence-corrected chi connectivity index (χ3v) is 10.9. The Morgan fingerprint density at radius 1 is 0.313 bits per heavy atom. The molecule has 0 aliphatic rings. The van der Waals surface area contributed by atoms with Crippen molar-refractivity contribution in [2.75, 3.05) is 13.2 Å². The van der Waals surface area contributed by atoms with Crippen molar-refractivity contribution in [3.05, 3.63) is 122 Å². The Kier molecular flexibility index (Phi) is 51.0. The van der Waals surface area contributed by atoms with E-state index in [9.17, 15) is 14.4 Å². The quantitative estimate of drug-likeness (QED) is 0.0262. The Balaban J connectivity index is 4.56. The van der Waals surface area contributed by atoms with Gasteiger partial charge < -0.3 is 14.2 Å². The number of unbranched alkanes of at least 4 members (excludes halogenated alkanes) is 16. The number of carbonyl (C=O) groups is 3. The molecular weight excluding hydrogens is 829 g/mol. The summed E-state index contributed by atoms with van der Waals surface area (Å²) in [6.07, 6.45) is 74.6. The number of carbonyl (C=O) groups excluding carboxylic acids is 3. The molecule has 0 aliphatic carbocycles. The van der Waals surface area contributed by atoms with Gasteiger partial charge in [-0.25, -0.2) is 0 Å². The van der Waals surface area contributed by atoms with Crippen molar-refractivity contribution < 1.29 is 28.6 Å². The fourth-order valence-electron chi connectivity index (χ4n) is 6.86. The van der Waals surface area contributed by atoms with E-state index >= 15 is 0 Å². The van der Waals surface area contributed by atoms with Gasteiger partial charge in [0, 0.05) is 19.3 Å². The second-order valence-electron chi connectivity index (χ2n) is 17.4. The van der Waals surface area contributed by atoms with Crippen LogP contribution in [0.15, 0.2) is 122 Å². The summed E-state index contributed by atoms with van der Waals surface area (Å²) < 4.78 is 16.8. The Morgan fingerprint density at radius 2 is 0.582 bits per heavy atom. The van der Waals surface area contributed by atoms with E-state index in [4.69, 9.17) is 14.2 Å². The normalized spacial score (nSPS) is 13.1. The molecule has 6 heteroatoms. The number of allylic oxidation sites excluding steroid dienone is 20. The van der Waals surface area contributed by atoms with Gasteiger partial charge in [-0.1, -0.05) is 194 Å². The summed E-state index contributed by atoms with van der Waals surface area (Å²) in [6.45, 7) is 6.38. The maximum Gasteiger partial charge on any atom is 0.306 e. The van der Waals surface area contributed by atoms with E-state index < -0.39 is 6.10 Å². The lowest BCUT2D eigenvalue weighted by molar-refractivity contribution is -0.167. The lowest BCUT2D eigenvalue weighted by Crippen LogP contribution is -2.30. The molecule has 378 valence electrons. The van der Waals surface area contributed by atoms with Crippen LogP contribution in [0.5, 0.6) is 0 Å². The van der Waals surface area contributed by atoms with Gasteiger partial charge in [-0.05, 0) is 135 Å². The molecule has 0 fully saturated rings. The first-order chi connectivity index (χ1) is 33.0. The fraction of sp³-hybridized carbons (Fsp3) is 0.623. The largest absolute Gasteiger partial charge is 0.462 e. The van der Waals surface area contributed by atoms with Crippen LogP contribution in [0.25, 0.3) is 0 Å². The molecule has 6 nitrogen and oxygen atoms in total. The van der Waals surface area contributed by atoms with Crippen molar-refractivity contribution in [1.29, 1.82) is 0 Å². The molecule has 0 N–H and O–H groups in total. The highest BCUT2D eigenvalue weighted by Gasteiger charge is 2.19. The average Bonchev–Trinajstić information content (AvgIpc) is 3.33. The maximum atomic E-state index is 12.8. The van der Waals surface area contributed by atoms with Gasteiger partial charge in [0.2, 0.25) is 0 Å². The van der Waals surface area contributed by atoms with Crippen molar-refractivity contribution in [3.63, 3.8) is 0 Å². The minimum atomic E-state index is -0.820. The van der Waals surface area contributed by atoms with Crippen molar-refractivity contribution in [1.82, 2.24) is 0 Å². The molecule has 0 aromatic heterocycles. The van der Waals surface area contributed by atoms with Crippen LogP contribution in [0.3, 0.4) is 0 Å². The highest BCUT2D eigenvalue weighted by Crippen LogP contribution is 2.12. The Bertz CT molecular complexity index is 1440. The van der Waals surface area contributed by atoms with Crippen molar-refractivity contribution in [2.45, 2.75) is 232 Å². The van der Waals surface area contributed by atoms with E-state index in [1.807, 2.05) is 0 Å². The summed E-state index contributed by atoms with van der Waals surface area (Å²) in [5.41, 5.74) is 0. The number of esters is 3. The SMILES string of the molecule is CC/C=C\C/C=C\C/C=C\C/C=C\CCCCC(=O)OC[C@H](COC(=O)CCCCCC/C=C\C/C=C\C/C=C\CCCCC)OC(=O)CCCCCC/C=C\C/C=C\C/C=C\CCCCC. The highest BCUT2D eigenvalue weighted by atomic mass is 16.6. The lowest BCUT2D eigenvalue weighted by Gasteiger charge is -2.18. The van der Waals surface area contributed by atoms with Crippen LogP contribution < -0.4 is 0 Å². The van der Waals surface area contributed by atoms with Crippen molar-refractivity contribution in [2.24, 2.45) is 0 Å². The molecule has 0 aliphatic heterocycles. The predicted molar refractivity (Wildman–Crippen MR) is 288 cm³/mol. The van der Waals surface area contributed by atoms with Crippen LogP contribution >= 0.6 is 0 Å². The molecule has 0 radical (unpaired) electrons. The average molecular weight is 927 g/mol. The monoisotopic (exact) mass is 927 g/mol. The molecule has 0 heterocycles. The number of hydrogen-bond donors (Lipinski definition) is 0. The Morgan fingerprint density at radius 3 is 0.925 bits per heavy atom. The third kappa shape index (κ3) is 52.6. The topological polar surface area (TPSA) is 78.9 Å². The zero-order valence-electron chi connectivity index (χ0n) is 43.1. The van der Waals surface area contributed by atoms with Gasteiger partial charge in [0.25, 0.3) is 0 Å². The summed E-state index contributed by atoms with van der Waals surface area (Å²) in [5.74, 6) is -1.01. The lowest BCUT2D eigenvalue weighted by atomic mass is 10.1. The first-order valence-electron chi connectivity index (χ1n) is 27.0. The van der Waals surface area contributed by atoms with E-state index in [2.05, 4.69) is 142 Å². The first kappa shape index (κ1) is 62.8. The molecule has 0 aromatic rings. The highest BCUT2D eigenvalue weighted by molar-refractivity contribution is 5.71. The third-order valence-electron chi connectivity index (χ3n) is 10.9. The molecule has 0 spiro atoms. The van der Waals surface area contributed by atoms with E-state index in [0.717, 1.165) is 128 Å². The van der Waals surface area contributed by atoms with Crippen LogP contribution in [-0.2, 0) is 28.6 Å². The van der Waals surface area contributed by atoms with Crippen LogP contribution in [0.2, 0.25) is 0 Å². The minimum absolute atomic E-state index is 0.116. The fourth-order valence-corrected chi connectivity index (χ4v) is 6.86. The minimum Gasteiger partial charge on any atom is -0.462 e. The van der Waals surface area contributed by atoms with Gasteiger partial charge in [0.05, 0.1) is 0 Å². The molecule has 0 unspecified atom stereocenters. The Labute approximate surface area is 412 Å². The van der Waals surface area contributed by atoms with E-state index in [0.29, 0.717) is 19.3 Å². The molecule has 0 amide bonds. The summed E-state index contributed by atoms with van der Waals surface area (Å²) in [4.78, 5) is 38.1. The summed E-state index contributed by atoms with van der Waals surface area (Å²) in [7, 11) is 0. The zero-order valence-corrected chi connectivity index (χ0v) is 43.1. The molecular formula is C61H98O6. The molecule has 0 saturated heterocycles. The summed E-state index contributed by atoms with van der Waals surface area (Å²) in [6, 6.07) is 0. The van der Waals surface area contributed by atoms with E-state index in [1.54, 1.807) is 0 Å². The van der Waals surface area contributed by atoms with Gasteiger partial charge in [-0.15, -0.1) is 0 Å². The Hall–Kier alpha value is -4.19. The van der Waals surface area contributed by atoms with E-state index in [1.165, 1.54) is 51.4 Å². The standard InChI is InChI=1S/C61H98O6/c1-4-7-10-13-16-19-22-25-28-30-33-36-39-42-45-48-51-54-60(63)66-57-58(56-65-59(62)53-50-47-44-41-38-35-32-27-24-21-18-15-12-9-6-3)67-61(64)55-52-49-46-43-40-37-34-31-29-26-23-20-17-14-11-8-5-2/h9,12,16-21,25-29,32-34,36-38,41,58H,4-8,10-11,13-15,22-24,30-31,35,39-40,42-57H2,1-3H3/b12-9-,19-16-,20-17-,21-18-,28-25-,29-26-,32-27-,36-33-,37-34-,41-38-/t58-/m1/s1. The van der Waals surface area contributed by atoms with Crippen LogP contribution in [0.1, 0.15) is 226 Å². The molecule has 0 rings (SSSR count). The predicted octanol–water partition coefficient (Wildman–Crippen LogP) is 18.1. The molecule has 1 atom stereocenters. The second kappa shape index (κ2) is 54.4. The summed E-state index contributed by atoms with van der Waals surface area (Å²) >= 11 is 0. The van der Waals surface area contributed by atoms with Crippen LogP contribution in [0, 0.1) is 0 Å². The molecule has 0 bridgehead atoms. The number of rotatable bonds is 47. The van der Waals surface area contributed by atoms with Gasteiger partial charge in [-0.2, -0.15) is 0 Å². The zero-order chi connectivity index (χ0) is 48.6. The van der Waals surface area contributed by atoms with Crippen molar-refractivity contribution >= 4 is 17.9 Å². The van der Waals surface area contributed by atoms with Crippen LogP contribution in [0.4, 0.5) is 0 Å². The van der Waals surface area contributed by atoms with E-state index in [-0.39, 0.29) is 37.5 Å². The molecule has 67 heavy (non-hydrogen) atoms. The number of hydrogen-bond acceptors (Lipinski definition) is 6. The first-order valence-corrected chi connectivity index (χ1v) is 27.0. The van der Waals surface area contributed by atoms with Gasteiger partial charge >= 0.3 is 17.9 Å². The van der Waals surface area contributed by atoms with Crippen LogP contribution in [-0.4, -0.2) is 37.2 Å². The molecule has 0 aromatic carbocycles. The summed E-state index contributed by atoms with van der Waals surface area (Å²) in [5, 5.41) is 0. The van der Waals surface area contributed by atoms with Crippen molar-refractivity contribution in [3.8, 4) is 0 Å². The maximum absolute atomic E-state index is 12.8. The molecule has 0 saturated carbocycles. The second-order valence-corrected chi connectivity index (χ2v) is 17.4. The smallest absolute Gasteiger partial charge is 0.306 e. The van der Waals surface area contributed by atoms with Gasteiger partial charge in [-0.3, -0.25) is 14.4 Å². The van der Waals surface area contributed by atoms with Gasteiger partial charge in [0.15, 0.2) is 6.10 Å². The number of ether oxygens (including phenoxy) is 3. The van der Waals surface area contributed by atoms with Gasteiger partial charge in [0.1, 0.15) is 13.2 Å².